The summed E-state index contributed by atoms with van der Waals surface area (Å²) in [5.41, 5.74) is 1.48. The summed E-state index contributed by atoms with van der Waals surface area (Å²) in [5, 5.41) is 9.05. The minimum absolute atomic E-state index is 0.0346. The van der Waals surface area contributed by atoms with Crippen LogP contribution in [0.15, 0.2) is 36.7 Å². The molecule has 0 spiro atoms. The maximum absolute atomic E-state index is 13.9. The van der Waals surface area contributed by atoms with E-state index in [0.29, 0.717) is 23.0 Å². The van der Waals surface area contributed by atoms with Gasteiger partial charge in [0.25, 0.3) is 0 Å². The molecule has 0 atom stereocenters. The number of nitrogens with zero attached hydrogens (tertiary/aromatic N) is 2. The van der Waals surface area contributed by atoms with Crippen molar-refractivity contribution in [2.75, 3.05) is 0 Å². The monoisotopic (exact) mass is 444 g/mol. The van der Waals surface area contributed by atoms with Crippen molar-refractivity contribution in [1.82, 2.24) is 9.38 Å². The Morgan fingerprint density at radius 3 is 2.38 bits per heavy atom. The molecule has 0 bridgehead atoms. The van der Waals surface area contributed by atoms with E-state index in [-0.39, 0.29) is 24.1 Å². The van der Waals surface area contributed by atoms with Crippen molar-refractivity contribution in [2.24, 2.45) is 5.92 Å². The number of fused-ring (bicyclic) bond motifs is 1. The fourth-order valence-corrected chi connectivity index (χ4v) is 3.90. The van der Waals surface area contributed by atoms with E-state index in [9.17, 15) is 13.6 Å². The molecule has 1 aliphatic carbocycles. The maximum atomic E-state index is 13.9. The first kappa shape index (κ1) is 23.9. The van der Waals surface area contributed by atoms with E-state index in [4.69, 9.17) is 9.84 Å². The first-order valence-corrected chi connectivity index (χ1v) is 10.7. The van der Waals surface area contributed by atoms with Gasteiger partial charge in [-0.25, -0.2) is 13.8 Å². The van der Waals surface area contributed by atoms with Crippen LogP contribution in [0.2, 0.25) is 0 Å². The lowest BCUT2D eigenvalue weighted by molar-refractivity contribution is 0.0732. The van der Waals surface area contributed by atoms with Gasteiger partial charge < -0.3 is 9.84 Å². The van der Waals surface area contributed by atoms with Gasteiger partial charge in [-0.2, -0.15) is 0 Å². The fraction of sp³-hybridized carbons (Fsp3) is 0.440. The third-order valence-electron chi connectivity index (χ3n) is 5.55. The van der Waals surface area contributed by atoms with Crippen molar-refractivity contribution in [3.8, 4) is 5.75 Å². The molecular formula is C25H30F2N2O3. The maximum Gasteiger partial charge on any atom is 0.178 e. The molecule has 1 aliphatic rings. The summed E-state index contributed by atoms with van der Waals surface area (Å²) in [4.78, 5) is 15.3. The Labute approximate surface area is 187 Å². The highest BCUT2D eigenvalue weighted by molar-refractivity contribution is 5.93. The Morgan fingerprint density at radius 2 is 1.88 bits per heavy atom. The number of aromatic nitrogens is 2. The molecule has 1 N–H and O–H groups in total. The van der Waals surface area contributed by atoms with Gasteiger partial charge in [-0.3, -0.25) is 9.20 Å². The molecule has 32 heavy (non-hydrogen) atoms. The van der Waals surface area contributed by atoms with E-state index in [2.05, 4.69) is 11.9 Å². The van der Waals surface area contributed by atoms with E-state index >= 15 is 0 Å². The Balaban J connectivity index is 0.000000186. The van der Waals surface area contributed by atoms with Crippen LogP contribution in [0.1, 0.15) is 69.1 Å². The molecule has 0 amide bonds. The number of carbonyl (C=O) groups is 1. The van der Waals surface area contributed by atoms with E-state index in [1.165, 1.54) is 25.3 Å². The first-order valence-electron chi connectivity index (χ1n) is 10.7. The number of halogens is 2. The average Bonchev–Trinajstić information content (AvgIpc) is 3.10. The van der Waals surface area contributed by atoms with Gasteiger partial charge in [0.15, 0.2) is 5.78 Å². The molecule has 2 aromatic heterocycles. The van der Waals surface area contributed by atoms with Crippen molar-refractivity contribution in [1.29, 1.82) is 0 Å². The second-order valence-corrected chi connectivity index (χ2v) is 9.41. The molecule has 3 aromatic rings. The van der Waals surface area contributed by atoms with Gasteiger partial charge in [0.05, 0.1) is 18.9 Å². The largest absolute Gasteiger partial charge is 0.490 e. The Kier molecular flexibility index (Phi) is 6.98. The van der Waals surface area contributed by atoms with Crippen LogP contribution in [0.4, 0.5) is 8.78 Å². The number of pyridine rings is 1. The Hall–Kier alpha value is -2.80. The van der Waals surface area contributed by atoms with E-state index in [1.807, 2.05) is 0 Å². The lowest BCUT2D eigenvalue weighted by Gasteiger charge is -2.33. The topological polar surface area (TPSA) is 63.8 Å². The minimum Gasteiger partial charge on any atom is -0.490 e. The van der Waals surface area contributed by atoms with Gasteiger partial charge in [0.2, 0.25) is 0 Å². The molecule has 4 rings (SSSR count). The van der Waals surface area contributed by atoms with Crippen LogP contribution in [0.3, 0.4) is 0 Å². The summed E-state index contributed by atoms with van der Waals surface area (Å²) >= 11 is 0. The number of imidazole rings is 1. The molecule has 0 aliphatic heterocycles. The van der Waals surface area contributed by atoms with Crippen molar-refractivity contribution >= 4 is 11.4 Å². The van der Waals surface area contributed by atoms with Crippen molar-refractivity contribution in [2.45, 2.75) is 65.6 Å². The molecule has 0 radical (unpaired) electrons. The van der Waals surface area contributed by atoms with Crippen LogP contribution in [0, 0.1) is 17.6 Å². The standard InChI is InChI=1S/C15H20F2O.C10H10N2O2/c1-9-5-10(6-9)18-11-7-12(16)14(13(17)8-11)15(2,3)4;1-7(14)9-5-11-10-8(6-13)3-2-4-12(9)10/h7-10H,5-6H2,1-4H3;2-5,13H,6H2,1H3. The highest BCUT2D eigenvalue weighted by Gasteiger charge is 2.29. The summed E-state index contributed by atoms with van der Waals surface area (Å²) in [5.74, 6) is -0.129. The summed E-state index contributed by atoms with van der Waals surface area (Å²) < 4.78 is 35.1. The molecule has 1 aromatic carbocycles. The first-order chi connectivity index (χ1) is 15.0. The Morgan fingerprint density at radius 1 is 1.25 bits per heavy atom. The van der Waals surface area contributed by atoms with Crippen LogP contribution in [0.5, 0.6) is 5.75 Å². The number of hydrogen-bond acceptors (Lipinski definition) is 4. The zero-order chi connectivity index (χ0) is 23.6. The highest BCUT2D eigenvalue weighted by atomic mass is 19.1. The van der Waals surface area contributed by atoms with Crippen molar-refractivity contribution < 1.29 is 23.4 Å². The number of rotatable bonds is 4. The number of aliphatic hydroxyl groups excluding tert-OH is 1. The zero-order valence-electron chi connectivity index (χ0n) is 19.2. The zero-order valence-corrected chi connectivity index (χ0v) is 19.2. The molecule has 5 nitrogen and oxygen atoms in total. The summed E-state index contributed by atoms with van der Waals surface area (Å²) in [6.45, 7) is 8.95. The number of carbonyl (C=O) groups excluding carboxylic acids is 1. The lowest BCUT2D eigenvalue weighted by atomic mass is 9.84. The van der Waals surface area contributed by atoms with Gasteiger partial charge in [-0.1, -0.05) is 33.8 Å². The summed E-state index contributed by atoms with van der Waals surface area (Å²) in [6, 6.07) is 6.16. The van der Waals surface area contributed by atoms with Crippen LogP contribution in [-0.4, -0.2) is 26.4 Å². The number of benzene rings is 1. The molecule has 0 saturated heterocycles. The number of Topliss-reactive ketones (excluding diaryl/α,β-unsaturated/α-hetero) is 1. The van der Waals surface area contributed by atoms with Gasteiger partial charge in [-0.05, 0) is 30.2 Å². The summed E-state index contributed by atoms with van der Waals surface area (Å²) in [6.07, 6.45) is 5.32. The normalized spacial score (nSPS) is 18.0. The van der Waals surface area contributed by atoms with Crippen LogP contribution in [0.25, 0.3) is 5.65 Å². The van der Waals surface area contributed by atoms with Crippen molar-refractivity contribution in [3.05, 3.63) is 65.1 Å². The third-order valence-corrected chi connectivity index (χ3v) is 5.55. The van der Waals surface area contributed by atoms with E-state index < -0.39 is 17.0 Å². The quantitative estimate of drug-likeness (QED) is 0.542. The van der Waals surface area contributed by atoms with Gasteiger partial charge in [-0.15, -0.1) is 0 Å². The predicted molar refractivity (Wildman–Crippen MR) is 119 cm³/mol. The van der Waals surface area contributed by atoms with E-state index in [0.717, 1.165) is 18.4 Å². The predicted octanol–water partition coefficient (Wildman–Crippen LogP) is 5.47. The molecule has 0 unspecified atom stereocenters. The second kappa shape index (κ2) is 9.36. The van der Waals surface area contributed by atoms with Gasteiger partial charge >= 0.3 is 0 Å². The molecule has 1 fully saturated rings. The summed E-state index contributed by atoms with van der Waals surface area (Å²) in [7, 11) is 0. The van der Waals surface area contributed by atoms with Crippen LogP contribution in [-0.2, 0) is 12.0 Å². The van der Waals surface area contributed by atoms with Crippen LogP contribution < -0.4 is 4.74 Å². The van der Waals surface area contributed by atoms with E-state index in [1.54, 1.807) is 43.5 Å². The average molecular weight is 445 g/mol. The SMILES string of the molecule is CC(=O)c1cnc2c(CO)cccn12.CC1CC(Oc2cc(F)c(C(C)(C)C)c(F)c2)C1. The third kappa shape index (κ3) is 5.15. The molecular weight excluding hydrogens is 414 g/mol. The Bertz CT molecular complexity index is 1090. The highest BCUT2D eigenvalue weighted by Crippen LogP contribution is 2.34. The number of ether oxygens (including phenoxy) is 1. The van der Waals surface area contributed by atoms with Gasteiger partial charge in [0, 0.05) is 36.4 Å². The van der Waals surface area contributed by atoms with Crippen molar-refractivity contribution in [3.63, 3.8) is 0 Å². The molecule has 172 valence electrons. The lowest BCUT2D eigenvalue weighted by Crippen LogP contribution is -2.32. The number of hydrogen-bond donors (Lipinski definition) is 1. The smallest absolute Gasteiger partial charge is 0.178 e. The second-order valence-electron chi connectivity index (χ2n) is 9.41. The number of ketones is 1. The molecule has 1 saturated carbocycles. The minimum atomic E-state index is -0.544. The van der Waals surface area contributed by atoms with Crippen LogP contribution >= 0.6 is 0 Å². The van der Waals surface area contributed by atoms with Gasteiger partial charge in [0.1, 0.15) is 28.7 Å². The molecule has 7 heteroatoms. The number of aliphatic hydroxyl groups is 1. The fourth-order valence-electron chi connectivity index (χ4n) is 3.90. The molecule has 2 heterocycles.